The molecule has 1 heterocycles. The Labute approximate surface area is 201 Å². The lowest BCUT2D eigenvalue weighted by atomic mass is 9.83. The van der Waals surface area contributed by atoms with Crippen molar-refractivity contribution in [3.05, 3.63) is 48.0 Å². The number of benzene rings is 2. The van der Waals surface area contributed by atoms with Crippen LogP contribution in [-0.4, -0.2) is 50.4 Å². The highest BCUT2D eigenvalue weighted by molar-refractivity contribution is 5.90. The lowest BCUT2D eigenvalue weighted by molar-refractivity contribution is 0.295. The Balaban J connectivity index is 1.19. The van der Waals surface area contributed by atoms with E-state index in [9.17, 15) is 0 Å². The Bertz CT molecular complexity index is 1130. The Morgan fingerprint density at radius 3 is 2.35 bits per heavy atom. The molecule has 0 radical (unpaired) electrons. The molecule has 2 aliphatic rings. The molecule has 1 spiro atoms. The van der Waals surface area contributed by atoms with E-state index in [2.05, 4.69) is 27.7 Å². The molecule has 1 aromatic heterocycles. The van der Waals surface area contributed by atoms with E-state index in [1.54, 1.807) is 14.2 Å². The number of nitrogens with zero attached hydrogens (tertiary/aromatic N) is 3. The Hall–Kier alpha value is -3.06. The van der Waals surface area contributed by atoms with Crippen LogP contribution in [0.2, 0.25) is 0 Å². The van der Waals surface area contributed by atoms with Crippen LogP contribution in [0.5, 0.6) is 11.5 Å². The smallest absolute Gasteiger partial charge is 0.225 e. The molecule has 0 amide bonds. The van der Waals surface area contributed by atoms with Crippen LogP contribution in [0.3, 0.4) is 0 Å². The van der Waals surface area contributed by atoms with Crippen LogP contribution in [0.15, 0.2) is 42.5 Å². The van der Waals surface area contributed by atoms with Gasteiger partial charge in [0.2, 0.25) is 5.95 Å². The molecule has 0 bridgehead atoms. The third kappa shape index (κ3) is 4.37. The SMILES string of the molecule is COc1cccc(OC)c1CN[C@@H]1CC12CCC(Nc1nc(N(C)C)c3ccccc3n1)CC2. The van der Waals surface area contributed by atoms with Crippen molar-refractivity contribution >= 4 is 22.7 Å². The Morgan fingerprint density at radius 2 is 1.68 bits per heavy atom. The molecule has 34 heavy (non-hydrogen) atoms. The molecule has 5 rings (SSSR count). The van der Waals surface area contributed by atoms with Crippen LogP contribution in [0.4, 0.5) is 11.8 Å². The summed E-state index contributed by atoms with van der Waals surface area (Å²) in [6.45, 7) is 0.763. The lowest BCUT2D eigenvalue weighted by Crippen LogP contribution is -2.32. The van der Waals surface area contributed by atoms with Crippen molar-refractivity contribution in [3.63, 3.8) is 0 Å². The van der Waals surface area contributed by atoms with Gasteiger partial charge in [-0.2, -0.15) is 4.98 Å². The molecule has 2 fully saturated rings. The average molecular weight is 462 g/mol. The first-order valence-electron chi connectivity index (χ1n) is 12.2. The van der Waals surface area contributed by atoms with E-state index < -0.39 is 0 Å². The summed E-state index contributed by atoms with van der Waals surface area (Å²) in [6, 6.07) is 15.1. The van der Waals surface area contributed by atoms with Gasteiger partial charge in [0.25, 0.3) is 0 Å². The molecular formula is C27H35N5O2. The number of ether oxygens (including phenoxy) is 2. The number of aromatic nitrogens is 2. The van der Waals surface area contributed by atoms with Crippen LogP contribution in [0.1, 0.15) is 37.7 Å². The fourth-order valence-electron chi connectivity index (χ4n) is 5.50. The van der Waals surface area contributed by atoms with Crippen LogP contribution in [-0.2, 0) is 6.54 Å². The van der Waals surface area contributed by atoms with Gasteiger partial charge in [0, 0.05) is 43.7 Å². The minimum Gasteiger partial charge on any atom is -0.496 e. The molecule has 0 aliphatic heterocycles. The zero-order chi connectivity index (χ0) is 23.7. The van der Waals surface area contributed by atoms with E-state index in [-0.39, 0.29) is 0 Å². The molecule has 0 saturated heterocycles. The van der Waals surface area contributed by atoms with Gasteiger partial charge < -0.3 is 25.0 Å². The topological polar surface area (TPSA) is 71.5 Å². The zero-order valence-corrected chi connectivity index (χ0v) is 20.6. The number of nitrogens with one attached hydrogen (secondary N) is 2. The van der Waals surface area contributed by atoms with Crippen LogP contribution in [0.25, 0.3) is 10.9 Å². The summed E-state index contributed by atoms with van der Waals surface area (Å²) in [7, 11) is 7.49. The van der Waals surface area contributed by atoms with Gasteiger partial charge in [0.1, 0.15) is 17.3 Å². The summed E-state index contributed by atoms with van der Waals surface area (Å²) in [4.78, 5) is 11.7. The van der Waals surface area contributed by atoms with Crippen molar-refractivity contribution in [1.82, 2.24) is 15.3 Å². The number of hydrogen-bond acceptors (Lipinski definition) is 7. The van der Waals surface area contributed by atoms with E-state index in [0.717, 1.165) is 59.1 Å². The average Bonchev–Trinajstić information content (AvgIpc) is 3.54. The molecule has 2 aliphatic carbocycles. The standard InChI is InChI=1S/C27H35N5O2/c1-32(2)25-19-8-5-6-9-21(19)30-26(31-25)29-18-12-14-27(15-13-18)16-24(27)28-17-20-22(33-3)10-7-11-23(20)34-4/h5-11,18,24,28H,12-17H2,1-4H3,(H,29,30,31)/t18?,24-,27?/m1/s1. The van der Waals surface area contributed by atoms with Crippen LogP contribution >= 0.6 is 0 Å². The second-order valence-electron chi connectivity index (χ2n) is 9.84. The highest BCUT2D eigenvalue weighted by atomic mass is 16.5. The predicted octanol–water partition coefficient (Wildman–Crippen LogP) is 4.62. The Kier molecular flexibility index (Phi) is 6.21. The van der Waals surface area contributed by atoms with Crippen LogP contribution < -0.4 is 25.0 Å². The molecule has 1 atom stereocenters. The molecule has 2 aromatic carbocycles. The number of hydrogen-bond donors (Lipinski definition) is 2. The van der Waals surface area contributed by atoms with Crippen molar-refractivity contribution in [3.8, 4) is 11.5 Å². The van der Waals surface area contributed by atoms with Crippen LogP contribution in [0, 0.1) is 5.41 Å². The Morgan fingerprint density at radius 1 is 0.971 bits per heavy atom. The molecule has 7 heteroatoms. The summed E-state index contributed by atoms with van der Waals surface area (Å²) < 4.78 is 11.1. The quantitative estimate of drug-likeness (QED) is 0.507. The largest absolute Gasteiger partial charge is 0.496 e. The highest BCUT2D eigenvalue weighted by Gasteiger charge is 2.54. The number of fused-ring (bicyclic) bond motifs is 1. The van der Waals surface area contributed by atoms with E-state index in [1.807, 2.05) is 44.4 Å². The summed E-state index contributed by atoms with van der Waals surface area (Å²) in [6.07, 6.45) is 5.97. The molecule has 7 nitrogen and oxygen atoms in total. The fourth-order valence-corrected chi connectivity index (χ4v) is 5.50. The third-order valence-electron chi connectivity index (χ3n) is 7.57. The van der Waals surface area contributed by atoms with Gasteiger partial charge in [-0.25, -0.2) is 4.98 Å². The molecule has 2 N–H and O–H groups in total. The maximum absolute atomic E-state index is 5.55. The number of rotatable bonds is 8. The number of methoxy groups -OCH3 is 2. The number of para-hydroxylation sites is 1. The van der Waals surface area contributed by atoms with Crippen molar-refractivity contribution < 1.29 is 9.47 Å². The summed E-state index contributed by atoms with van der Waals surface area (Å²) in [5.74, 6) is 3.44. The molecule has 0 unspecified atom stereocenters. The first-order valence-corrected chi connectivity index (χ1v) is 12.2. The van der Waals surface area contributed by atoms with Crippen molar-refractivity contribution in [2.24, 2.45) is 5.41 Å². The normalized spacial score (nSPS) is 23.6. The summed E-state index contributed by atoms with van der Waals surface area (Å²) in [5, 5.41) is 8.49. The number of anilines is 2. The maximum atomic E-state index is 5.55. The van der Waals surface area contributed by atoms with Crippen molar-refractivity contribution in [1.29, 1.82) is 0 Å². The summed E-state index contributed by atoms with van der Waals surface area (Å²) in [5.41, 5.74) is 2.50. The molecule has 2 saturated carbocycles. The molecular weight excluding hydrogens is 426 g/mol. The predicted molar refractivity (Wildman–Crippen MR) is 137 cm³/mol. The molecule has 180 valence electrons. The second-order valence-corrected chi connectivity index (χ2v) is 9.84. The van der Waals surface area contributed by atoms with Gasteiger partial charge in [0.05, 0.1) is 19.7 Å². The van der Waals surface area contributed by atoms with Gasteiger partial charge in [-0.05, 0) is 61.8 Å². The van der Waals surface area contributed by atoms with Crippen molar-refractivity contribution in [2.75, 3.05) is 38.5 Å². The lowest BCUT2D eigenvalue weighted by Gasteiger charge is -2.30. The first-order chi connectivity index (χ1) is 16.5. The summed E-state index contributed by atoms with van der Waals surface area (Å²) >= 11 is 0. The van der Waals surface area contributed by atoms with Gasteiger partial charge in [-0.15, -0.1) is 0 Å². The minimum atomic E-state index is 0.414. The zero-order valence-electron chi connectivity index (χ0n) is 20.6. The highest BCUT2D eigenvalue weighted by Crippen LogP contribution is 2.56. The fraction of sp³-hybridized carbons (Fsp3) is 0.481. The van der Waals surface area contributed by atoms with E-state index in [1.165, 1.54) is 19.3 Å². The maximum Gasteiger partial charge on any atom is 0.225 e. The monoisotopic (exact) mass is 461 g/mol. The minimum absolute atomic E-state index is 0.414. The van der Waals surface area contributed by atoms with Gasteiger partial charge in [-0.3, -0.25) is 0 Å². The van der Waals surface area contributed by atoms with E-state index in [0.29, 0.717) is 17.5 Å². The van der Waals surface area contributed by atoms with Gasteiger partial charge in [0.15, 0.2) is 0 Å². The van der Waals surface area contributed by atoms with Crippen molar-refractivity contribution in [2.45, 2.75) is 50.7 Å². The van der Waals surface area contributed by atoms with Gasteiger partial charge >= 0.3 is 0 Å². The molecule has 3 aromatic rings. The van der Waals surface area contributed by atoms with E-state index in [4.69, 9.17) is 19.4 Å². The van der Waals surface area contributed by atoms with Gasteiger partial charge in [-0.1, -0.05) is 18.2 Å². The first kappa shape index (κ1) is 22.7. The van der Waals surface area contributed by atoms with E-state index >= 15 is 0 Å². The second kappa shape index (κ2) is 9.29. The third-order valence-corrected chi connectivity index (χ3v) is 7.57.